The molecule has 0 aliphatic rings. The van der Waals surface area contributed by atoms with Crippen molar-refractivity contribution in [3.63, 3.8) is 0 Å². The molecule has 0 spiro atoms. The Kier molecular flexibility index (Phi) is 8.05. The van der Waals surface area contributed by atoms with E-state index in [2.05, 4.69) is 6.92 Å². The van der Waals surface area contributed by atoms with E-state index in [1.165, 1.54) is 0 Å². The molecular weight excluding hydrogens is 323 g/mol. The van der Waals surface area contributed by atoms with E-state index < -0.39 is 5.41 Å². The smallest absolute Gasteiger partial charge is 0.311 e. The van der Waals surface area contributed by atoms with E-state index in [1.54, 1.807) is 18.2 Å². The van der Waals surface area contributed by atoms with Gasteiger partial charge in [-0.05, 0) is 38.5 Å². The number of hydrogen-bond donors (Lipinski definition) is 0. The minimum atomic E-state index is -0.451. The fraction of sp³-hybridized carbons (Fsp3) is 0.588. The van der Waals surface area contributed by atoms with Crippen LogP contribution in [0.2, 0.25) is 10.0 Å². The third kappa shape index (κ3) is 6.45. The van der Waals surface area contributed by atoms with Gasteiger partial charge in [-0.15, -0.1) is 0 Å². The number of hydrogen-bond acceptors (Lipinski definition) is 3. The van der Waals surface area contributed by atoms with E-state index in [0.717, 1.165) is 25.7 Å². The van der Waals surface area contributed by atoms with Gasteiger partial charge in [-0.1, -0.05) is 49.4 Å². The van der Waals surface area contributed by atoms with Gasteiger partial charge in [0.15, 0.2) is 0 Å². The van der Waals surface area contributed by atoms with E-state index in [-0.39, 0.29) is 19.2 Å². The van der Waals surface area contributed by atoms with Gasteiger partial charge in [0.1, 0.15) is 19.0 Å². The van der Waals surface area contributed by atoms with Crippen LogP contribution < -0.4 is 4.74 Å². The fourth-order valence-corrected chi connectivity index (χ4v) is 2.46. The summed E-state index contributed by atoms with van der Waals surface area (Å²) >= 11 is 11.8. The summed E-state index contributed by atoms with van der Waals surface area (Å²) in [5.74, 6) is 0.346. The molecule has 0 saturated carbocycles. The van der Waals surface area contributed by atoms with Crippen LogP contribution in [-0.2, 0) is 9.53 Å². The Hall–Kier alpha value is -0.930. The van der Waals surface area contributed by atoms with E-state index in [9.17, 15) is 4.79 Å². The lowest BCUT2D eigenvalue weighted by Gasteiger charge is -2.22. The van der Waals surface area contributed by atoms with E-state index in [1.807, 2.05) is 13.8 Å². The van der Waals surface area contributed by atoms with Gasteiger partial charge in [0.2, 0.25) is 0 Å². The predicted octanol–water partition coefficient (Wildman–Crippen LogP) is 5.52. The Labute approximate surface area is 142 Å². The molecule has 0 amide bonds. The molecule has 1 rings (SSSR count). The Morgan fingerprint density at radius 2 is 1.91 bits per heavy atom. The van der Waals surface area contributed by atoms with Gasteiger partial charge in [-0.25, -0.2) is 0 Å². The Morgan fingerprint density at radius 1 is 1.18 bits per heavy atom. The highest BCUT2D eigenvalue weighted by Crippen LogP contribution is 2.28. The minimum Gasteiger partial charge on any atom is -0.488 e. The number of rotatable bonds is 9. The summed E-state index contributed by atoms with van der Waals surface area (Å²) in [6.45, 7) is 6.45. The molecule has 1 aromatic carbocycles. The van der Waals surface area contributed by atoms with Crippen LogP contribution in [-0.4, -0.2) is 19.2 Å². The molecule has 0 aliphatic carbocycles. The summed E-state index contributed by atoms with van der Waals surface area (Å²) in [5.41, 5.74) is -0.451. The third-order valence-corrected chi connectivity index (χ3v) is 3.96. The normalized spacial score (nSPS) is 11.3. The number of halogens is 2. The molecule has 0 aliphatic heterocycles. The largest absolute Gasteiger partial charge is 0.488 e. The SMILES string of the molecule is CCCCCC(C)(C)C(=O)OCCOc1ccc(Cl)cc1Cl. The van der Waals surface area contributed by atoms with Gasteiger partial charge in [0.05, 0.1) is 10.4 Å². The molecule has 3 nitrogen and oxygen atoms in total. The standard InChI is InChI=1S/C17H24Cl2O3/c1-4-5-6-9-17(2,3)16(20)22-11-10-21-15-8-7-13(18)12-14(15)19/h7-8,12H,4-6,9-11H2,1-3H3. The Morgan fingerprint density at radius 3 is 2.55 bits per heavy atom. The van der Waals surface area contributed by atoms with E-state index >= 15 is 0 Å². The monoisotopic (exact) mass is 346 g/mol. The predicted molar refractivity (Wildman–Crippen MR) is 90.8 cm³/mol. The second kappa shape index (κ2) is 9.26. The highest BCUT2D eigenvalue weighted by molar-refractivity contribution is 6.35. The zero-order chi connectivity index (χ0) is 16.6. The average Bonchev–Trinajstić information content (AvgIpc) is 2.45. The molecule has 0 unspecified atom stereocenters. The summed E-state index contributed by atoms with van der Waals surface area (Å²) in [4.78, 5) is 12.1. The molecule has 124 valence electrons. The molecule has 0 bridgehead atoms. The van der Waals surface area contributed by atoms with Crippen LogP contribution in [0.25, 0.3) is 0 Å². The molecule has 0 N–H and O–H groups in total. The van der Waals surface area contributed by atoms with E-state index in [0.29, 0.717) is 15.8 Å². The first-order chi connectivity index (χ1) is 10.4. The fourth-order valence-electron chi connectivity index (χ4n) is 1.99. The highest BCUT2D eigenvalue weighted by atomic mass is 35.5. The zero-order valence-electron chi connectivity index (χ0n) is 13.5. The maximum atomic E-state index is 12.1. The van der Waals surface area contributed by atoms with Crippen molar-refractivity contribution >= 4 is 29.2 Å². The Balaban J connectivity index is 2.32. The van der Waals surface area contributed by atoms with Crippen LogP contribution >= 0.6 is 23.2 Å². The van der Waals surface area contributed by atoms with Crippen molar-refractivity contribution in [2.45, 2.75) is 46.5 Å². The van der Waals surface area contributed by atoms with Crippen molar-refractivity contribution in [1.29, 1.82) is 0 Å². The van der Waals surface area contributed by atoms with Gasteiger partial charge >= 0.3 is 5.97 Å². The molecule has 0 radical (unpaired) electrons. The molecule has 0 fully saturated rings. The molecule has 0 aromatic heterocycles. The average molecular weight is 347 g/mol. The lowest BCUT2D eigenvalue weighted by molar-refractivity contribution is -0.155. The zero-order valence-corrected chi connectivity index (χ0v) is 15.0. The van der Waals surface area contributed by atoms with Gasteiger partial charge in [0, 0.05) is 5.02 Å². The van der Waals surface area contributed by atoms with Crippen molar-refractivity contribution < 1.29 is 14.3 Å². The van der Waals surface area contributed by atoms with Crippen LogP contribution in [0.5, 0.6) is 5.75 Å². The number of ether oxygens (including phenoxy) is 2. The first kappa shape index (κ1) is 19.1. The van der Waals surface area contributed by atoms with Crippen molar-refractivity contribution in [2.75, 3.05) is 13.2 Å². The summed E-state index contributed by atoms with van der Waals surface area (Å²) in [6.07, 6.45) is 4.15. The molecular formula is C17H24Cl2O3. The maximum absolute atomic E-state index is 12.1. The van der Waals surface area contributed by atoms with Crippen molar-refractivity contribution in [1.82, 2.24) is 0 Å². The third-order valence-electron chi connectivity index (χ3n) is 3.43. The molecule has 22 heavy (non-hydrogen) atoms. The summed E-state index contributed by atoms with van der Waals surface area (Å²) < 4.78 is 10.8. The van der Waals surface area contributed by atoms with E-state index in [4.69, 9.17) is 32.7 Å². The van der Waals surface area contributed by atoms with Crippen molar-refractivity contribution in [2.24, 2.45) is 5.41 Å². The van der Waals surface area contributed by atoms with Gasteiger partial charge in [-0.2, -0.15) is 0 Å². The molecule has 1 aromatic rings. The number of benzene rings is 1. The molecule has 0 saturated heterocycles. The molecule has 0 heterocycles. The lowest BCUT2D eigenvalue weighted by atomic mass is 9.87. The minimum absolute atomic E-state index is 0.186. The number of carbonyl (C=O) groups is 1. The van der Waals surface area contributed by atoms with Crippen molar-refractivity contribution in [3.05, 3.63) is 28.2 Å². The molecule has 5 heteroatoms. The quantitative estimate of drug-likeness (QED) is 0.436. The number of esters is 1. The van der Waals surface area contributed by atoms with Crippen molar-refractivity contribution in [3.8, 4) is 5.75 Å². The summed E-state index contributed by atoms with van der Waals surface area (Å²) in [5, 5.41) is 0.997. The summed E-state index contributed by atoms with van der Waals surface area (Å²) in [6, 6.07) is 5.01. The van der Waals surface area contributed by atoms with Gasteiger partial charge in [0.25, 0.3) is 0 Å². The second-order valence-electron chi connectivity index (χ2n) is 5.90. The topological polar surface area (TPSA) is 35.5 Å². The van der Waals surface area contributed by atoms with Crippen LogP contribution in [0.15, 0.2) is 18.2 Å². The number of carbonyl (C=O) groups excluding carboxylic acids is 1. The number of unbranched alkanes of at least 4 members (excludes halogenated alkanes) is 2. The van der Waals surface area contributed by atoms with Gasteiger partial charge < -0.3 is 9.47 Å². The van der Waals surface area contributed by atoms with Gasteiger partial charge in [-0.3, -0.25) is 4.79 Å². The summed E-state index contributed by atoms with van der Waals surface area (Å²) in [7, 11) is 0. The second-order valence-corrected chi connectivity index (χ2v) is 6.74. The maximum Gasteiger partial charge on any atom is 0.311 e. The molecule has 0 atom stereocenters. The first-order valence-corrected chi connectivity index (χ1v) is 8.37. The van der Waals surface area contributed by atoms with Crippen LogP contribution in [0.4, 0.5) is 0 Å². The first-order valence-electron chi connectivity index (χ1n) is 7.62. The highest BCUT2D eigenvalue weighted by Gasteiger charge is 2.28. The van der Waals surface area contributed by atoms with Crippen LogP contribution in [0, 0.1) is 5.41 Å². The lowest BCUT2D eigenvalue weighted by Crippen LogP contribution is -2.28. The Bertz CT molecular complexity index is 487. The van der Waals surface area contributed by atoms with Crippen LogP contribution in [0.3, 0.4) is 0 Å². The van der Waals surface area contributed by atoms with Crippen LogP contribution in [0.1, 0.15) is 46.5 Å².